The second-order valence-corrected chi connectivity index (χ2v) is 2.23. The van der Waals surface area contributed by atoms with Crippen molar-refractivity contribution in [2.45, 2.75) is 54.4 Å². The van der Waals surface area contributed by atoms with Gasteiger partial charge in [0.2, 0.25) is 0 Å². The van der Waals surface area contributed by atoms with E-state index in [-0.39, 0.29) is 0 Å². The normalized spacial score (nSPS) is 14.2. The summed E-state index contributed by atoms with van der Waals surface area (Å²) in [6.45, 7) is 12.1. The summed E-state index contributed by atoms with van der Waals surface area (Å²) in [5.74, 6) is 0. The van der Waals surface area contributed by atoms with Gasteiger partial charge in [-0.05, 0) is 26.7 Å². The van der Waals surface area contributed by atoms with E-state index in [2.05, 4.69) is 18.0 Å². The SMILES string of the molecule is CC.CC.CC1=CCCC(C)=N1. The highest BCUT2D eigenvalue weighted by Crippen LogP contribution is 2.08. The molecule has 72 valence electrons. The molecule has 0 aliphatic carbocycles. The molecule has 12 heavy (non-hydrogen) atoms. The summed E-state index contributed by atoms with van der Waals surface area (Å²) in [4.78, 5) is 4.26. The third-order valence-electron chi connectivity index (χ3n) is 1.31. The van der Waals surface area contributed by atoms with Crippen LogP contribution in [0.3, 0.4) is 0 Å². The summed E-state index contributed by atoms with van der Waals surface area (Å²) < 4.78 is 0. The molecule has 1 heterocycles. The first-order valence-electron chi connectivity index (χ1n) is 5.00. The molecule has 0 aromatic rings. The number of rotatable bonds is 0. The lowest BCUT2D eigenvalue weighted by atomic mass is 10.1. The van der Waals surface area contributed by atoms with Gasteiger partial charge in [-0.15, -0.1) is 0 Å². The van der Waals surface area contributed by atoms with Gasteiger partial charge in [-0.3, -0.25) is 4.99 Å². The highest BCUT2D eigenvalue weighted by Gasteiger charge is 1.96. The molecule has 0 saturated carbocycles. The Morgan fingerprint density at radius 3 is 1.83 bits per heavy atom. The van der Waals surface area contributed by atoms with E-state index in [9.17, 15) is 0 Å². The molecular weight excluding hydrogens is 146 g/mol. The Morgan fingerprint density at radius 1 is 1.08 bits per heavy atom. The van der Waals surface area contributed by atoms with E-state index in [1.807, 2.05) is 34.6 Å². The standard InChI is InChI=1S/C7H11N.2C2H6/c1-6-4-3-5-7(2)8-6;2*1-2/h4H,3,5H2,1-2H3;2*1-2H3. The molecule has 0 aromatic carbocycles. The molecule has 0 radical (unpaired) electrons. The Balaban J connectivity index is 0. The fourth-order valence-corrected chi connectivity index (χ4v) is 0.893. The van der Waals surface area contributed by atoms with Crippen molar-refractivity contribution in [2.75, 3.05) is 0 Å². The third-order valence-corrected chi connectivity index (χ3v) is 1.31. The van der Waals surface area contributed by atoms with Gasteiger partial charge in [-0.1, -0.05) is 33.8 Å². The highest BCUT2D eigenvalue weighted by molar-refractivity contribution is 5.83. The molecule has 0 unspecified atom stereocenters. The Kier molecular flexibility index (Phi) is 12.1. The van der Waals surface area contributed by atoms with Crippen LogP contribution in [-0.2, 0) is 0 Å². The minimum atomic E-state index is 1.15. The van der Waals surface area contributed by atoms with Gasteiger partial charge in [0.25, 0.3) is 0 Å². The van der Waals surface area contributed by atoms with Crippen LogP contribution in [0.15, 0.2) is 16.8 Å². The van der Waals surface area contributed by atoms with Crippen LogP contribution in [-0.4, -0.2) is 5.71 Å². The zero-order valence-corrected chi connectivity index (χ0v) is 9.44. The average molecular weight is 169 g/mol. The molecule has 1 nitrogen and oxygen atoms in total. The number of aliphatic imine (C=N–C) groups is 1. The van der Waals surface area contributed by atoms with Gasteiger partial charge < -0.3 is 0 Å². The van der Waals surface area contributed by atoms with Crippen LogP contribution in [0, 0.1) is 0 Å². The van der Waals surface area contributed by atoms with Crippen LogP contribution in [0.5, 0.6) is 0 Å². The first-order chi connectivity index (χ1) is 5.79. The lowest BCUT2D eigenvalue weighted by Gasteiger charge is -2.03. The van der Waals surface area contributed by atoms with E-state index in [0.29, 0.717) is 0 Å². The Labute approximate surface area is 77.6 Å². The predicted molar refractivity (Wildman–Crippen MR) is 58.8 cm³/mol. The van der Waals surface area contributed by atoms with Crippen molar-refractivity contribution in [1.82, 2.24) is 0 Å². The molecule has 0 amide bonds. The summed E-state index contributed by atoms with van der Waals surface area (Å²) in [5.41, 5.74) is 2.44. The molecule has 1 aliphatic rings. The van der Waals surface area contributed by atoms with Gasteiger partial charge in [0.05, 0.1) is 0 Å². The summed E-state index contributed by atoms with van der Waals surface area (Å²) in [6.07, 6.45) is 4.51. The lowest BCUT2D eigenvalue weighted by Crippen LogP contribution is -1.95. The molecule has 0 aromatic heterocycles. The molecule has 0 N–H and O–H groups in total. The zero-order chi connectivity index (χ0) is 9.98. The van der Waals surface area contributed by atoms with Crippen molar-refractivity contribution >= 4 is 5.71 Å². The predicted octanol–water partition coefficient (Wildman–Crippen LogP) is 4.20. The molecule has 0 fully saturated rings. The quantitative estimate of drug-likeness (QED) is 0.515. The van der Waals surface area contributed by atoms with Gasteiger partial charge in [0, 0.05) is 11.4 Å². The maximum Gasteiger partial charge on any atom is 0.0332 e. The minimum absolute atomic E-state index is 1.15. The maximum absolute atomic E-state index is 4.26. The molecule has 0 bridgehead atoms. The molecule has 0 atom stereocenters. The third kappa shape index (κ3) is 7.52. The molecule has 1 heteroatoms. The van der Waals surface area contributed by atoms with E-state index in [0.717, 1.165) is 6.42 Å². The summed E-state index contributed by atoms with van der Waals surface area (Å²) in [6, 6.07) is 0. The zero-order valence-electron chi connectivity index (χ0n) is 9.44. The molecule has 0 spiro atoms. The van der Waals surface area contributed by atoms with E-state index in [1.54, 1.807) is 0 Å². The fourth-order valence-electron chi connectivity index (χ4n) is 0.893. The van der Waals surface area contributed by atoms with Gasteiger partial charge >= 0.3 is 0 Å². The van der Waals surface area contributed by atoms with E-state index in [4.69, 9.17) is 0 Å². The van der Waals surface area contributed by atoms with Crippen LogP contribution in [0.25, 0.3) is 0 Å². The molecule has 1 rings (SSSR count). The second kappa shape index (κ2) is 10.4. The number of hydrogen-bond acceptors (Lipinski definition) is 1. The summed E-state index contributed by atoms with van der Waals surface area (Å²) >= 11 is 0. The smallest absolute Gasteiger partial charge is 0.0332 e. The largest absolute Gasteiger partial charge is 0.263 e. The summed E-state index contributed by atoms with van der Waals surface area (Å²) in [7, 11) is 0. The van der Waals surface area contributed by atoms with Gasteiger partial charge in [-0.2, -0.15) is 0 Å². The van der Waals surface area contributed by atoms with Gasteiger partial charge in [0.15, 0.2) is 0 Å². The van der Waals surface area contributed by atoms with Gasteiger partial charge in [0.1, 0.15) is 0 Å². The van der Waals surface area contributed by atoms with E-state index in [1.165, 1.54) is 17.8 Å². The van der Waals surface area contributed by atoms with Crippen LogP contribution in [0.2, 0.25) is 0 Å². The molecule has 0 saturated heterocycles. The highest BCUT2D eigenvalue weighted by atomic mass is 14.7. The first kappa shape index (κ1) is 14.0. The minimum Gasteiger partial charge on any atom is -0.263 e. The van der Waals surface area contributed by atoms with Crippen molar-refractivity contribution in [3.05, 3.63) is 11.8 Å². The van der Waals surface area contributed by atoms with E-state index < -0.39 is 0 Å². The lowest BCUT2D eigenvalue weighted by molar-refractivity contribution is 1.01. The second-order valence-electron chi connectivity index (χ2n) is 2.23. The fraction of sp³-hybridized carbons (Fsp3) is 0.727. The summed E-state index contributed by atoms with van der Waals surface area (Å²) in [5, 5.41) is 0. The number of hydrogen-bond donors (Lipinski definition) is 0. The van der Waals surface area contributed by atoms with E-state index >= 15 is 0 Å². The molecule has 1 aliphatic heterocycles. The van der Waals surface area contributed by atoms with Crippen molar-refractivity contribution in [1.29, 1.82) is 0 Å². The topological polar surface area (TPSA) is 12.4 Å². The van der Waals surface area contributed by atoms with Crippen molar-refractivity contribution < 1.29 is 0 Å². The Bertz CT molecular complexity index is 143. The van der Waals surface area contributed by atoms with Crippen LogP contribution >= 0.6 is 0 Å². The van der Waals surface area contributed by atoms with Crippen molar-refractivity contribution in [3.63, 3.8) is 0 Å². The van der Waals surface area contributed by atoms with Crippen LogP contribution in [0.4, 0.5) is 0 Å². The maximum atomic E-state index is 4.26. The van der Waals surface area contributed by atoms with Crippen molar-refractivity contribution in [3.8, 4) is 0 Å². The number of allylic oxidation sites excluding steroid dienone is 2. The Hall–Kier alpha value is -0.590. The van der Waals surface area contributed by atoms with Crippen LogP contribution in [0.1, 0.15) is 54.4 Å². The number of nitrogens with zero attached hydrogens (tertiary/aromatic N) is 1. The molecular formula is C11H23N. The van der Waals surface area contributed by atoms with Crippen molar-refractivity contribution in [2.24, 2.45) is 4.99 Å². The first-order valence-corrected chi connectivity index (χ1v) is 5.00. The van der Waals surface area contributed by atoms with Gasteiger partial charge in [-0.25, -0.2) is 0 Å². The average Bonchev–Trinajstić information content (AvgIpc) is 2.11. The monoisotopic (exact) mass is 169 g/mol. The van der Waals surface area contributed by atoms with Crippen LogP contribution < -0.4 is 0 Å². The Morgan fingerprint density at radius 2 is 1.58 bits per heavy atom.